The third-order valence-electron chi connectivity index (χ3n) is 8.60. The highest BCUT2D eigenvalue weighted by atomic mass is 19.2. The molecule has 1 atom stereocenters. The van der Waals surface area contributed by atoms with E-state index in [2.05, 4.69) is 0 Å². The Hall–Kier alpha value is -3.22. The van der Waals surface area contributed by atoms with Crippen LogP contribution in [0.4, 0.5) is 26.3 Å². The maximum absolute atomic E-state index is 15.3. The first-order valence-corrected chi connectivity index (χ1v) is 13.9. The lowest BCUT2D eigenvalue weighted by atomic mass is 9.75. The van der Waals surface area contributed by atoms with E-state index in [1.54, 1.807) is 37.3 Å². The van der Waals surface area contributed by atoms with Crippen LogP contribution in [0, 0.1) is 41.8 Å². The lowest BCUT2D eigenvalue weighted by molar-refractivity contribution is 0.310. The van der Waals surface area contributed by atoms with Gasteiger partial charge in [0.15, 0.2) is 34.8 Å². The van der Waals surface area contributed by atoms with Crippen LogP contribution in [-0.2, 0) is 0 Å². The van der Waals surface area contributed by atoms with Crippen LogP contribution in [0.5, 0.6) is 5.75 Å². The first-order chi connectivity index (χ1) is 19.2. The second-order valence-electron chi connectivity index (χ2n) is 10.9. The Morgan fingerprint density at radius 1 is 0.625 bits per heavy atom. The zero-order chi connectivity index (χ0) is 28.6. The molecule has 2 aliphatic carbocycles. The highest BCUT2D eigenvalue weighted by Crippen LogP contribution is 2.44. The van der Waals surface area contributed by atoms with Gasteiger partial charge in [-0.15, -0.1) is 0 Å². The number of benzene rings is 3. The van der Waals surface area contributed by atoms with Crippen molar-refractivity contribution in [3.8, 4) is 5.75 Å². The van der Waals surface area contributed by atoms with Crippen molar-refractivity contribution in [2.24, 2.45) is 0 Å². The summed E-state index contributed by atoms with van der Waals surface area (Å²) in [7, 11) is 0. The molecule has 5 rings (SSSR count). The fourth-order valence-electron chi connectivity index (χ4n) is 6.31. The average molecular weight is 559 g/mol. The molecule has 1 saturated carbocycles. The molecule has 0 N–H and O–H groups in total. The van der Waals surface area contributed by atoms with Crippen molar-refractivity contribution >= 4 is 5.57 Å². The lowest BCUT2D eigenvalue weighted by Gasteiger charge is -2.30. The predicted molar refractivity (Wildman–Crippen MR) is 143 cm³/mol. The number of aryl methyl sites for hydroxylation is 1. The van der Waals surface area contributed by atoms with Gasteiger partial charge in [-0.3, -0.25) is 0 Å². The summed E-state index contributed by atoms with van der Waals surface area (Å²) in [6, 6.07) is 9.37. The molecule has 1 unspecified atom stereocenters. The van der Waals surface area contributed by atoms with E-state index in [0.29, 0.717) is 61.6 Å². The van der Waals surface area contributed by atoms with E-state index in [9.17, 15) is 17.6 Å². The van der Waals surface area contributed by atoms with E-state index in [4.69, 9.17) is 4.74 Å². The van der Waals surface area contributed by atoms with Crippen molar-refractivity contribution < 1.29 is 31.1 Å². The molecule has 3 aromatic rings. The van der Waals surface area contributed by atoms with E-state index in [1.165, 1.54) is 19.1 Å². The third kappa shape index (κ3) is 5.27. The maximum atomic E-state index is 15.3. The Kier molecular flexibility index (Phi) is 8.29. The summed E-state index contributed by atoms with van der Waals surface area (Å²) < 4.78 is 93.3. The molecule has 0 aromatic heterocycles. The van der Waals surface area contributed by atoms with Gasteiger partial charge in [0.2, 0.25) is 5.82 Å². The molecule has 0 spiro atoms. The molecule has 212 valence electrons. The van der Waals surface area contributed by atoms with E-state index >= 15 is 8.78 Å². The molecule has 0 saturated heterocycles. The van der Waals surface area contributed by atoms with Crippen LogP contribution in [0.2, 0.25) is 0 Å². The smallest absolute Gasteiger partial charge is 0.200 e. The molecule has 1 fully saturated rings. The van der Waals surface area contributed by atoms with Crippen LogP contribution >= 0.6 is 0 Å². The van der Waals surface area contributed by atoms with Gasteiger partial charge in [-0.05, 0) is 110 Å². The van der Waals surface area contributed by atoms with Crippen LogP contribution in [0.1, 0.15) is 97.4 Å². The van der Waals surface area contributed by atoms with Crippen molar-refractivity contribution in [3.05, 3.63) is 105 Å². The van der Waals surface area contributed by atoms with Gasteiger partial charge >= 0.3 is 0 Å². The molecule has 1 nitrogen and oxygen atoms in total. The highest BCUT2D eigenvalue weighted by Gasteiger charge is 2.31. The molecular formula is C33H32F6O. The van der Waals surface area contributed by atoms with Crippen LogP contribution < -0.4 is 4.74 Å². The molecule has 0 aliphatic heterocycles. The van der Waals surface area contributed by atoms with Crippen molar-refractivity contribution in [1.29, 1.82) is 0 Å². The molecular weight excluding hydrogens is 526 g/mol. The standard InChI is InChI=1S/C33H32F6O/c1-3-40-27-17-16-26(32(38)33(27)39)22-11-9-21(10-12-22)25-15-14-24(30(36)31(25)37)20-7-5-19(6-8-20)23-13-4-18(2)28(34)29(23)35/h4-5,13-17,20-22H,3,6-12H2,1-2H3. The normalized spacial score (nSPS) is 21.3. The minimum atomic E-state index is -0.994. The molecule has 0 radical (unpaired) electrons. The summed E-state index contributed by atoms with van der Waals surface area (Å²) in [5.74, 6) is -6.17. The fraction of sp³-hybridized carbons (Fsp3) is 0.394. The summed E-state index contributed by atoms with van der Waals surface area (Å²) in [6.45, 7) is 3.43. The number of hydrogen-bond donors (Lipinski definition) is 0. The van der Waals surface area contributed by atoms with Gasteiger partial charge in [0, 0.05) is 5.56 Å². The Morgan fingerprint density at radius 2 is 1.18 bits per heavy atom. The van der Waals surface area contributed by atoms with Crippen LogP contribution in [0.25, 0.3) is 5.57 Å². The first kappa shape index (κ1) is 28.3. The Labute approximate surface area is 230 Å². The van der Waals surface area contributed by atoms with Gasteiger partial charge in [0.1, 0.15) is 0 Å². The van der Waals surface area contributed by atoms with Crippen molar-refractivity contribution in [2.75, 3.05) is 6.61 Å². The number of hydrogen-bond acceptors (Lipinski definition) is 1. The fourth-order valence-corrected chi connectivity index (χ4v) is 6.31. The van der Waals surface area contributed by atoms with Gasteiger partial charge in [-0.1, -0.05) is 36.4 Å². The molecule has 0 bridgehead atoms. The Bertz CT molecular complexity index is 1440. The monoisotopic (exact) mass is 558 g/mol. The summed E-state index contributed by atoms with van der Waals surface area (Å²) in [5, 5.41) is 0. The quantitative estimate of drug-likeness (QED) is 0.274. The van der Waals surface area contributed by atoms with Crippen molar-refractivity contribution in [2.45, 2.75) is 76.5 Å². The first-order valence-electron chi connectivity index (χ1n) is 13.9. The minimum Gasteiger partial charge on any atom is -0.491 e. The summed E-state index contributed by atoms with van der Waals surface area (Å²) in [4.78, 5) is 0. The minimum absolute atomic E-state index is 0.115. The zero-order valence-electron chi connectivity index (χ0n) is 22.6. The van der Waals surface area contributed by atoms with Crippen molar-refractivity contribution in [1.82, 2.24) is 0 Å². The third-order valence-corrected chi connectivity index (χ3v) is 8.60. The van der Waals surface area contributed by atoms with Crippen LogP contribution in [0.3, 0.4) is 0 Å². The van der Waals surface area contributed by atoms with Gasteiger partial charge in [-0.2, -0.15) is 4.39 Å². The zero-order valence-corrected chi connectivity index (χ0v) is 22.6. The molecule has 3 aromatic carbocycles. The molecule has 0 heterocycles. The number of halogens is 6. The predicted octanol–water partition coefficient (Wildman–Crippen LogP) is 10.0. The summed E-state index contributed by atoms with van der Waals surface area (Å²) in [5.41, 5.74) is 2.01. The van der Waals surface area contributed by atoms with Gasteiger partial charge in [0.05, 0.1) is 6.61 Å². The van der Waals surface area contributed by atoms with E-state index < -0.39 is 34.9 Å². The van der Waals surface area contributed by atoms with E-state index in [1.807, 2.05) is 0 Å². The van der Waals surface area contributed by atoms with Gasteiger partial charge in [0.25, 0.3) is 0 Å². The van der Waals surface area contributed by atoms with Gasteiger partial charge < -0.3 is 4.74 Å². The molecule has 2 aliphatic rings. The number of allylic oxidation sites excluding steroid dienone is 2. The number of rotatable bonds is 6. The summed E-state index contributed by atoms with van der Waals surface area (Å²) in [6.07, 6.45) is 5.23. The Morgan fingerprint density at radius 3 is 1.73 bits per heavy atom. The van der Waals surface area contributed by atoms with Gasteiger partial charge in [-0.25, -0.2) is 22.0 Å². The largest absolute Gasteiger partial charge is 0.491 e. The lowest BCUT2D eigenvalue weighted by Crippen LogP contribution is -2.16. The number of ether oxygens (including phenoxy) is 1. The second kappa shape index (κ2) is 11.7. The topological polar surface area (TPSA) is 9.23 Å². The SMILES string of the molecule is CCOc1ccc(C2CCC(c3ccc(C4CC=C(c5ccc(C)c(F)c5F)CC4)c(F)c3F)CC2)c(F)c1F. The average Bonchev–Trinajstić information content (AvgIpc) is 2.96. The van der Waals surface area contributed by atoms with E-state index in [-0.39, 0.29) is 46.8 Å². The van der Waals surface area contributed by atoms with Crippen molar-refractivity contribution in [3.63, 3.8) is 0 Å². The second-order valence-corrected chi connectivity index (χ2v) is 10.9. The molecule has 7 heteroatoms. The van der Waals surface area contributed by atoms with E-state index in [0.717, 1.165) is 0 Å². The molecule has 40 heavy (non-hydrogen) atoms. The maximum Gasteiger partial charge on any atom is 0.200 e. The molecule has 0 amide bonds. The Balaban J connectivity index is 1.27. The summed E-state index contributed by atoms with van der Waals surface area (Å²) >= 11 is 0. The van der Waals surface area contributed by atoms with Crippen LogP contribution in [-0.4, -0.2) is 6.61 Å². The van der Waals surface area contributed by atoms with Crippen LogP contribution in [0.15, 0.2) is 42.5 Å². The highest BCUT2D eigenvalue weighted by molar-refractivity contribution is 5.67.